The van der Waals surface area contributed by atoms with Crippen LogP contribution >= 0.6 is 0 Å². The monoisotopic (exact) mass is 289 g/mol. The lowest BCUT2D eigenvalue weighted by atomic mass is 9.99. The van der Waals surface area contributed by atoms with Gasteiger partial charge >= 0.3 is 0 Å². The summed E-state index contributed by atoms with van der Waals surface area (Å²) in [5.74, 6) is -0.0634. The highest BCUT2D eigenvalue weighted by atomic mass is 16.5. The molecule has 5 nitrogen and oxygen atoms in total. The standard InChI is InChI=1S/C16H23N3O2/c17-16(7-9-21-12-16)15(20)18-14-6-8-19(11-14)10-13-4-2-1-3-5-13/h1-5,14H,6-12,17H2,(H,18,20). The number of ether oxygens (including phenoxy) is 1. The van der Waals surface area contributed by atoms with E-state index in [2.05, 4.69) is 34.5 Å². The first-order valence-corrected chi connectivity index (χ1v) is 7.60. The molecule has 0 spiro atoms. The number of carbonyl (C=O) groups is 1. The second-order valence-electron chi connectivity index (χ2n) is 6.14. The molecule has 2 aliphatic heterocycles. The van der Waals surface area contributed by atoms with Crippen molar-refractivity contribution in [1.82, 2.24) is 10.2 Å². The Bertz CT molecular complexity index is 486. The van der Waals surface area contributed by atoms with Gasteiger partial charge in [0, 0.05) is 32.3 Å². The van der Waals surface area contributed by atoms with Crippen molar-refractivity contribution >= 4 is 5.91 Å². The van der Waals surface area contributed by atoms with Gasteiger partial charge in [0.25, 0.3) is 0 Å². The van der Waals surface area contributed by atoms with Gasteiger partial charge in [-0.15, -0.1) is 0 Å². The van der Waals surface area contributed by atoms with Crippen molar-refractivity contribution in [3.05, 3.63) is 35.9 Å². The Kier molecular flexibility index (Phi) is 4.24. The molecule has 0 radical (unpaired) electrons. The average molecular weight is 289 g/mol. The third kappa shape index (κ3) is 3.43. The highest BCUT2D eigenvalue weighted by Gasteiger charge is 2.39. The third-order valence-electron chi connectivity index (χ3n) is 4.36. The van der Waals surface area contributed by atoms with Crippen molar-refractivity contribution in [3.63, 3.8) is 0 Å². The molecule has 2 saturated heterocycles. The van der Waals surface area contributed by atoms with Crippen LogP contribution in [-0.4, -0.2) is 48.7 Å². The molecule has 0 aliphatic carbocycles. The number of rotatable bonds is 4. The number of hydrogen-bond donors (Lipinski definition) is 2. The summed E-state index contributed by atoms with van der Waals surface area (Å²) in [6, 6.07) is 10.6. The van der Waals surface area contributed by atoms with Gasteiger partial charge in [-0.3, -0.25) is 9.69 Å². The van der Waals surface area contributed by atoms with Gasteiger partial charge in [-0.05, 0) is 18.4 Å². The van der Waals surface area contributed by atoms with Crippen molar-refractivity contribution < 1.29 is 9.53 Å². The molecule has 0 bridgehead atoms. The number of amides is 1. The van der Waals surface area contributed by atoms with E-state index in [1.54, 1.807) is 0 Å². The first-order valence-electron chi connectivity index (χ1n) is 7.60. The van der Waals surface area contributed by atoms with Crippen LogP contribution in [0.15, 0.2) is 30.3 Å². The second-order valence-corrected chi connectivity index (χ2v) is 6.14. The summed E-state index contributed by atoms with van der Waals surface area (Å²) in [5.41, 5.74) is 6.57. The Morgan fingerprint density at radius 1 is 1.43 bits per heavy atom. The fourth-order valence-electron chi connectivity index (χ4n) is 3.02. The molecule has 114 valence electrons. The predicted octanol–water partition coefficient (Wildman–Crippen LogP) is 0.495. The van der Waals surface area contributed by atoms with Gasteiger partial charge in [-0.1, -0.05) is 30.3 Å². The number of nitrogens with zero attached hydrogens (tertiary/aromatic N) is 1. The zero-order valence-electron chi connectivity index (χ0n) is 12.3. The molecule has 1 aromatic carbocycles. The quantitative estimate of drug-likeness (QED) is 0.847. The lowest BCUT2D eigenvalue weighted by Crippen LogP contribution is -2.57. The first kappa shape index (κ1) is 14.5. The normalized spacial score (nSPS) is 29.7. The molecule has 5 heteroatoms. The maximum Gasteiger partial charge on any atom is 0.242 e. The van der Waals surface area contributed by atoms with Gasteiger partial charge in [-0.2, -0.15) is 0 Å². The zero-order chi connectivity index (χ0) is 14.7. The molecule has 3 rings (SSSR count). The second kappa shape index (κ2) is 6.13. The number of benzene rings is 1. The molecule has 0 aromatic heterocycles. The van der Waals surface area contributed by atoms with Crippen LogP contribution in [0.4, 0.5) is 0 Å². The summed E-state index contributed by atoms with van der Waals surface area (Å²) < 4.78 is 5.25. The van der Waals surface area contributed by atoms with E-state index in [-0.39, 0.29) is 11.9 Å². The highest BCUT2D eigenvalue weighted by Crippen LogP contribution is 2.18. The van der Waals surface area contributed by atoms with Crippen molar-refractivity contribution in [2.75, 3.05) is 26.3 Å². The minimum atomic E-state index is -0.827. The molecule has 2 unspecified atom stereocenters. The third-order valence-corrected chi connectivity index (χ3v) is 4.36. The Hall–Kier alpha value is -1.43. The number of nitrogens with two attached hydrogens (primary N) is 1. The molecule has 0 saturated carbocycles. The van der Waals surface area contributed by atoms with E-state index in [0.29, 0.717) is 19.6 Å². The summed E-state index contributed by atoms with van der Waals surface area (Å²) in [6.07, 6.45) is 1.59. The minimum absolute atomic E-state index is 0.0634. The summed E-state index contributed by atoms with van der Waals surface area (Å²) in [7, 11) is 0. The van der Waals surface area contributed by atoms with Gasteiger partial charge in [0.15, 0.2) is 0 Å². The Balaban J connectivity index is 1.49. The van der Waals surface area contributed by atoms with E-state index in [0.717, 1.165) is 26.1 Å². The van der Waals surface area contributed by atoms with Crippen molar-refractivity contribution in [1.29, 1.82) is 0 Å². The number of carbonyl (C=O) groups excluding carboxylic acids is 1. The van der Waals surface area contributed by atoms with E-state index in [1.165, 1.54) is 5.56 Å². The fourth-order valence-corrected chi connectivity index (χ4v) is 3.02. The van der Waals surface area contributed by atoms with E-state index in [1.807, 2.05) is 6.07 Å². The van der Waals surface area contributed by atoms with Gasteiger partial charge in [0.2, 0.25) is 5.91 Å². The molecule has 2 atom stereocenters. The molecule has 2 fully saturated rings. The lowest BCUT2D eigenvalue weighted by molar-refractivity contribution is -0.127. The van der Waals surface area contributed by atoms with Crippen LogP contribution in [0.1, 0.15) is 18.4 Å². The van der Waals surface area contributed by atoms with Gasteiger partial charge in [-0.25, -0.2) is 0 Å². The molecule has 2 aliphatic rings. The fraction of sp³-hybridized carbons (Fsp3) is 0.562. The topological polar surface area (TPSA) is 67.6 Å². The van der Waals surface area contributed by atoms with E-state index < -0.39 is 5.54 Å². The summed E-state index contributed by atoms with van der Waals surface area (Å²) >= 11 is 0. The van der Waals surface area contributed by atoms with Crippen LogP contribution < -0.4 is 11.1 Å². The summed E-state index contributed by atoms with van der Waals surface area (Å²) in [4.78, 5) is 14.6. The van der Waals surface area contributed by atoms with Crippen LogP contribution in [-0.2, 0) is 16.1 Å². The van der Waals surface area contributed by atoms with Crippen LogP contribution in [0.3, 0.4) is 0 Å². The van der Waals surface area contributed by atoms with Crippen molar-refractivity contribution in [2.24, 2.45) is 5.73 Å². The molecule has 21 heavy (non-hydrogen) atoms. The highest BCUT2D eigenvalue weighted by molar-refractivity contribution is 5.86. The maximum atomic E-state index is 12.3. The lowest BCUT2D eigenvalue weighted by Gasteiger charge is -2.24. The molecular weight excluding hydrogens is 266 g/mol. The van der Waals surface area contributed by atoms with Gasteiger partial charge in [0.1, 0.15) is 5.54 Å². The molecule has 3 N–H and O–H groups in total. The molecule has 1 amide bonds. The Morgan fingerprint density at radius 3 is 2.95 bits per heavy atom. The van der Waals surface area contributed by atoms with E-state index >= 15 is 0 Å². The summed E-state index contributed by atoms with van der Waals surface area (Å²) in [5, 5.41) is 3.09. The number of likely N-dealkylation sites (tertiary alicyclic amines) is 1. The van der Waals surface area contributed by atoms with Crippen LogP contribution in [0.2, 0.25) is 0 Å². The van der Waals surface area contributed by atoms with E-state index in [4.69, 9.17) is 10.5 Å². The maximum absolute atomic E-state index is 12.3. The van der Waals surface area contributed by atoms with Gasteiger partial charge in [0.05, 0.1) is 6.61 Å². The van der Waals surface area contributed by atoms with Crippen molar-refractivity contribution in [2.45, 2.75) is 31.0 Å². The molecule has 1 aromatic rings. The predicted molar refractivity (Wildman–Crippen MR) is 80.6 cm³/mol. The number of hydrogen-bond acceptors (Lipinski definition) is 4. The Labute approximate surface area is 125 Å². The van der Waals surface area contributed by atoms with Crippen molar-refractivity contribution in [3.8, 4) is 0 Å². The first-order chi connectivity index (χ1) is 10.2. The molecule has 2 heterocycles. The minimum Gasteiger partial charge on any atom is -0.379 e. The van der Waals surface area contributed by atoms with E-state index in [9.17, 15) is 4.79 Å². The van der Waals surface area contributed by atoms with Crippen LogP contribution in [0, 0.1) is 0 Å². The van der Waals surface area contributed by atoms with Crippen LogP contribution in [0.25, 0.3) is 0 Å². The zero-order valence-corrected chi connectivity index (χ0v) is 12.3. The van der Waals surface area contributed by atoms with Crippen LogP contribution in [0.5, 0.6) is 0 Å². The van der Waals surface area contributed by atoms with Gasteiger partial charge < -0.3 is 15.8 Å². The summed E-state index contributed by atoms with van der Waals surface area (Å²) in [6.45, 7) is 3.74. The SMILES string of the molecule is NC1(C(=O)NC2CCN(Cc3ccccc3)C2)CCOC1. The number of nitrogens with one attached hydrogen (secondary N) is 1. The largest absolute Gasteiger partial charge is 0.379 e. The average Bonchev–Trinajstić information content (AvgIpc) is 3.10. The molecular formula is C16H23N3O2. The Morgan fingerprint density at radius 2 is 2.24 bits per heavy atom. The smallest absolute Gasteiger partial charge is 0.242 e.